The van der Waals surface area contributed by atoms with Gasteiger partial charge in [0.1, 0.15) is 11.6 Å². The van der Waals surface area contributed by atoms with E-state index < -0.39 is 0 Å². The Kier molecular flexibility index (Phi) is 5.30. The third-order valence-corrected chi connectivity index (χ3v) is 4.38. The summed E-state index contributed by atoms with van der Waals surface area (Å²) in [7, 11) is 1.59. The minimum Gasteiger partial charge on any atom is -0.496 e. The molecule has 2 rings (SSSR count). The Morgan fingerprint density at radius 3 is 2.65 bits per heavy atom. The molecule has 106 valence electrons. The molecule has 2 aromatic carbocycles. The normalized spacial score (nSPS) is 12.2. The summed E-state index contributed by atoms with van der Waals surface area (Å²) in [5.41, 5.74) is 1.33. The van der Waals surface area contributed by atoms with Gasteiger partial charge in [0, 0.05) is 26.0 Å². The van der Waals surface area contributed by atoms with Crippen molar-refractivity contribution in [1.29, 1.82) is 0 Å². The molecule has 0 spiro atoms. The first-order chi connectivity index (χ1) is 9.52. The predicted octanol–water partition coefficient (Wildman–Crippen LogP) is 5.82. The van der Waals surface area contributed by atoms with Gasteiger partial charge in [-0.05, 0) is 36.8 Å². The highest BCUT2D eigenvalue weighted by atomic mass is 79.9. The number of ether oxygens (including phenoxy) is 1. The molecule has 2 aromatic rings. The second kappa shape index (κ2) is 6.79. The van der Waals surface area contributed by atoms with Gasteiger partial charge in [0.05, 0.1) is 7.11 Å². The van der Waals surface area contributed by atoms with E-state index in [2.05, 4.69) is 15.9 Å². The van der Waals surface area contributed by atoms with Crippen LogP contribution in [-0.4, -0.2) is 7.11 Å². The molecule has 0 aromatic heterocycles. The topological polar surface area (TPSA) is 9.23 Å². The van der Waals surface area contributed by atoms with Crippen LogP contribution in [0, 0.1) is 5.82 Å². The molecule has 0 saturated carbocycles. The maximum atomic E-state index is 13.8. The number of hydrogen-bond acceptors (Lipinski definition) is 1. The lowest BCUT2D eigenvalue weighted by atomic mass is 10.0. The van der Waals surface area contributed by atoms with Gasteiger partial charge >= 0.3 is 0 Å². The van der Waals surface area contributed by atoms with Crippen molar-refractivity contribution in [2.45, 2.75) is 11.2 Å². The summed E-state index contributed by atoms with van der Waals surface area (Å²) in [5.74, 6) is 0.381. The van der Waals surface area contributed by atoms with Gasteiger partial charge in [0.2, 0.25) is 0 Å². The number of methoxy groups -OCH3 is 1. The van der Waals surface area contributed by atoms with Crippen LogP contribution < -0.4 is 4.74 Å². The minimum atomic E-state index is -0.317. The molecule has 0 aliphatic rings. The van der Waals surface area contributed by atoms with Gasteiger partial charge in [-0.15, -0.1) is 0 Å². The van der Waals surface area contributed by atoms with E-state index in [4.69, 9.17) is 27.9 Å². The average molecular weight is 378 g/mol. The molecular formula is C15H12BrCl2FO. The third kappa shape index (κ3) is 3.46. The quantitative estimate of drug-likeness (QED) is 0.610. The van der Waals surface area contributed by atoms with Crippen molar-refractivity contribution in [1.82, 2.24) is 0 Å². The van der Waals surface area contributed by atoms with Crippen LogP contribution in [0.25, 0.3) is 0 Å². The van der Waals surface area contributed by atoms with Crippen LogP contribution in [0.5, 0.6) is 5.75 Å². The third-order valence-electron chi connectivity index (χ3n) is 2.97. The van der Waals surface area contributed by atoms with Gasteiger partial charge in [0.15, 0.2) is 0 Å². The second-order valence-electron chi connectivity index (χ2n) is 4.26. The summed E-state index contributed by atoms with van der Waals surface area (Å²) in [6, 6.07) is 10.00. The molecular weight excluding hydrogens is 366 g/mol. The van der Waals surface area contributed by atoms with Crippen molar-refractivity contribution in [2.75, 3.05) is 7.11 Å². The standard InChI is InChI=1S/C15H12BrCl2FO/c1-20-15-6-5-9(17)7-10(15)12(16)8-11-13(18)3-2-4-14(11)19/h2-7,12H,8H2,1H3. The Hall–Kier alpha value is -0.770. The smallest absolute Gasteiger partial charge is 0.127 e. The minimum absolute atomic E-state index is 0.148. The summed E-state index contributed by atoms with van der Waals surface area (Å²) < 4.78 is 19.1. The van der Waals surface area contributed by atoms with E-state index >= 15 is 0 Å². The fourth-order valence-electron chi connectivity index (χ4n) is 1.97. The molecule has 0 fully saturated rings. The SMILES string of the molecule is COc1ccc(Cl)cc1C(Br)Cc1c(F)cccc1Cl. The molecule has 1 unspecified atom stereocenters. The maximum Gasteiger partial charge on any atom is 0.127 e. The molecule has 0 aliphatic carbocycles. The Balaban J connectivity index is 2.33. The van der Waals surface area contributed by atoms with Crippen LogP contribution in [0.2, 0.25) is 10.0 Å². The zero-order valence-corrected chi connectivity index (χ0v) is 13.8. The Morgan fingerprint density at radius 1 is 1.25 bits per heavy atom. The molecule has 0 heterocycles. The first kappa shape index (κ1) is 15.6. The number of rotatable bonds is 4. The largest absolute Gasteiger partial charge is 0.496 e. The molecule has 5 heteroatoms. The van der Waals surface area contributed by atoms with Crippen molar-refractivity contribution >= 4 is 39.1 Å². The van der Waals surface area contributed by atoms with Gasteiger partial charge in [0.25, 0.3) is 0 Å². The van der Waals surface area contributed by atoms with E-state index in [9.17, 15) is 4.39 Å². The zero-order chi connectivity index (χ0) is 14.7. The molecule has 20 heavy (non-hydrogen) atoms. The van der Waals surface area contributed by atoms with Crippen LogP contribution in [-0.2, 0) is 6.42 Å². The van der Waals surface area contributed by atoms with Gasteiger partial charge < -0.3 is 4.74 Å². The number of benzene rings is 2. The van der Waals surface area contributed by atoms with E-state index in [-0.39, 0.29) is 10.6 Å². The van der Waals surface area contributed by atoms with Crippen molar-refractivity contribution < 1.29 is 9.13 Å². The van der Waals surface area contributed by atoms with E-state index in [1.165, 1.54) is 6.07 Å². The fourth-order valence-corrected chi connectivity index (χ4v) is 3.07. The van der Waals surface area contributed by atoms with Crippen LogP contribution in [0.1, 0.15) is 16.0 Å². The number of alkyl halides is 1. The van der Waals surface area contributed by atoms with Gasteiger partial charge in [-0.1, -0.05) is 45.2 Å². The van der Waals surface area contributed by atoms with Gasteiger partial charge in [-0.3, -0.25) is 0 Å². The molecule has 1 nitrogen and oxygen atoms in total. The number of hydrogen-bond donors (Lipinski definition) is 0. The van der Waals surface area contributed by atoms with Crippen molar-refractivity contribution in [3.05, 3.63) is 63.4 Å². The van der Waals surface area contributed by atoms with Gasteiger partial charge in [-0.2, -0.15) is 0 Å². The molecule has 0 amide bonds. The second-order valence-corrected chi connectivity index (χ2v) is 6.21. The lowest BCUT2D eigenvalue weighted by Crippen LogP contribution is -2.01. The molecule has 0 N–H and O–H groups in total. The molecule has 0 saturated heterocycles. The summed E-state index contributed by atoms with van der Waals surface area (Å²) in [5, 5.41) is 1.01. The van der Waals surface area contributed by atoms with Crippen molar-refractivity contribution in [2.24, 2.45) is 0 Å². The van der Waals surface area contributed by atoms with E-state index in [0.29, 0.717) is 27.8 Å². The Bertz CT molecular complexity index is 599. The lowest BCUT2D eigenvalue weighted by Gasteiger charge is -2.16. The highest BCUT2D eigenvalue weighted by Gasteiger charge is 2.18. The van der Waals surface area contributed by atoms with Crippen molar-refractivity contribution in [3.8, 4) is 5.75 Å². The molecule has 1 atom stereocenters. The summed E-state index contributed by atoms with van der Waals surface area (Å²) in [4.78, 5) is -0.148. The summed E-state index contributed by atoms with van der Waals surface area (Å²) >= 11 is 15.6. The van der Waals surface area contributed by atoms with Crippen molar-refractivity contribution in [3.63, 3.8) is 0 Å². The zero-order valence-electron chi connectivity index (χ0n) is 10.7. The van der Waals surface area contributed by atoms with Crippen LogP contribution in [0.4, 0.5) is 4.39 Å². The average Bonchev–Trinajstić information content (AvgIpc) is 2.43. The first-order valence-electron chi connectivity index (χ1n) is 5.93. The highest BCUT2D eigenvalue weighted by molar-refractivity contribution is 9.09. The first-order valence-corrected chi connectivity index (χ1v) is 7.60. The monoisotopic (exact) mass is 376 g/mol. The maximum absolute atomic E-state index is 13.8. The Labute approximate surface area is 135 Å². The predicted molar refractivity (Wildman–Crippen MR) is 84.8 cm³/mol. The molecule has 0 radical (unpaired) electrons. The number of halogens is 4. The molecule has 0 aliphatic heterocycles. The summed E-state index contributed by atoms with van der Waals surface area (Å²) in [6.07, 6.45) is 0.405. The van der Waals surface area contributed by atoms with Crippen LogP contribution in [0.15, 0.2) is 36.4 Å². The van der Waals surface area contributed by atoms with E-state index in [1.54, 1.807) is 37.4 Å². The lowest BCUT2D eigenvalue weighted by molar-refractivity contribution is 0.409. The summed E-state index contributed by atoms with van der Waals surface area (Å²) in [6.45, 7) is 0. The van der Waals surface area contributed by atoms with Crippen LogP contribution in [0.3, 0.4) is 0 Å². The highest BCUT2D eigenvalue weighted by Crippen LogP contribution is 2.37. The van der Waals surface area contributed by atoms with Crippen LogP contribution >= 0.6 is 39.1 Å². The van der Waals surface area contributed by atoms with Gasteiger partial charge in [-0.25, -0.2) is 4.39 Å². The Morgan fingerprint density at radius 2 is 2.00 bits per heavy atom. The van der Waals surface area contributed by atoms with E-state index in [0.717, 1.165) is 5.56 Å². The molecule has 0 bridgehead atoms. The fraction of sp³-hybridized carbons (Fsp3) is 0.200. The van der Waals surface area contributed by atoms with E-state index in [1.807, 2.05) is 0 Å².